The van der Waals surface area contributed by atoms with E-state index in [1.807, 2.05) is 0 Å². The highest BCUT2D eigenvalue weighted by Crippen LogP contribution is 2.52. The van der Waals surface area contributed by atoms with Gasteiger partial charge in [-0.1, -0.05) is 0 Å². The van der Waals surface area contributed by atoms with E-state index in [1.54, 1.807) is 5.32 Å². The van der Waals surface area contributed by atoms with Crippen LogP contribution >= 0.6 is 11.3 Å². The Morgan fingerprint density at radius 1 is 1.17 bits per heavy atom. The second-order valence-electron chi connectivity index (χ2n) is 10.3. The van der Waals surface area contributed by atoms with Gasteiger partial charge < -0.3 is 35.2 Å². The molecule has 1 aromatic carbocycles. The summed E-state index contributed by atoms with van der Waals surface area (Å²) in [7, 11) is 0. The number of carbonyl (C=O) groups is 4. The second kappa shape index (κ2) is 9.87. The first kappa shape index (κ1) is 29.1. The lowest BCUT2D eigenvalue weighted by Crippen LogP contribution is -2.57. The molecule has 0 bridgehead atoms. The summed E-state index contributed by atoms with van der Waals surface area (Å²) in [6.45, 7) is 2.39. The van der Waals surface area contributed by atoms with E-state index < -0.39 is 108 Å². The number of carbonyl (C=O) groups excluding carboxylic acids is 4. The molecule has 15 heteroatoms. The number of amides is 1. The second-order valence-corrected chi connectivity index (χ2v) is 11.2. The van der Waals surface area contributed by atoms with Crippen molar-refractivity contribution in [2.24, 2.45) is 0 Å². The number of phenols is 2. The van der Waals surface area contributed by atoms with Crippen LogP contribution in [0.25, 0.3) is 0 Å². The Morgan fingerprint density at radius 3 is 2.46 bits per heavy atom. The van der Waals surface area contributed by atoms with Crippen LogP contribution in [0.4, 0.5) is 13.2 Å². The lowest BCUT2D eigenvalue weighted by atomic mass is 9.73. The average Bonchev–Trinajstić information content (AvgIpc) is 3.37. The van der Waals surface area contributed by atoms with E-state index in [0.29, 0.717) is 0 Å². The van der Waals surface area contributed by atoms with E-state index in [0.717, 1.165) is 18.3 Å². The van der Waals surface area contributed by atoms with Crippen LogP contribution in [0.3, 0.4) is 0 Å². The molecule has 1 fully saturated rings. The van der Waals surface area contributed by atoms with Gasteiger partial charge in [-0.15, -0.1) is 11.3 Å². The van der Waals surface area contributed by atoms with Crippen molar-refractivity contribution in [3.63, 3.8) is 0 Å². The fourth-order valence-corrected chi connectivity index (χ4v) is 6.38. The molecule has 0 spiro atoms. The van der Waals surface area contributed by atoms with Gasteiger partial charge in [0.05, 0.1) is 34.3 Å². The first-order valence-electron chi connectivity index (χ1n) is 12.4. The zero-order chi connectivity index (χ0) is 30.2. The fraction of sp³-hybridized carbons (Fsp3) is 0.462. The van der Waals surface area contributed by atoms with E-state index in [2.05, 4.69) is 0 Å². The molecule has 3 aliphatic rings. The number of benzene rings is 1. The topological polar surface area (TPSA) is 180 Å². The largest absolute Gasteiger partial charge is 0.507 e. The zero-order valence-corrected chi connectivity index (χ0v) is 22.3. The fourth-order valence-electron chi connectivity index (χ4n) is 5.55. The molecule has 41 heavy (non-hydrogen) atoms. The summed E-state index contributed by atoms with van der Waals surface area (Å²) in [4.78, 5) is 50.5. The van der Waals surface area contributed by atoms with Crippen LogP contribution in [0, 0.1) is 0 Å². The van der Waals surface area contributed by atoms with E-state index in [-0.39, 0.29) is 21.6 Å². The molecule has 5 N–H and O–H groups in total. The molecule has 1 aliphatic heterocycles. The Hall–Kier alpha value is -3.37. The number of halogens is 3. The van der Waals surface area contributed by atoms with Gasteiger partial charge >= 0.3 is 12.1 Å². The van der Waals surface area contributed by atoms with Crippen LogP contribution < -0.4 is 5.32 Å². The first-order valence-corrected chi connectivity index (χ1v) is 13.3. The summed E-state index contributed by atoms with van der Waals surface area (Å²) in [6, 6.07) is -0.0890. The number of hydrogen-bond acceptors (Lipinski definition) is 11. The highest BCUT2D eigenvalue weighted by atomic mass is 32.1. The molecule has 1 saturated heterocycles. The Kier molecular flexibility index (Phi) is 7.02. The Balaban J connectivity index is 1.56. The smallest absolute Gasteiger partial charge is 0.471 e. The molecular formula is C26H24F3NO10S. The molecule has 2 aliphatic carbocycles. The number of aliphatic hydroxyl groups excluding tert-OH is 1. The van der Waals surface area contributed by atoms with Gasteiger partial charge in [-0.2, -0.15) is 13.2 Å². The highest BCUT2D eigenvalue weighted by Gasteiger charge is 2.50. The third-order valence-electron chi connectivity index (χ3n) is 7.73. The number of aliphatic hydroxyl groups is 2. The molecular weight excluding hydrogens is 575 g/mol. The van der Waals surface area contributed by atoms with Crippen molar-refractivity contribution in [3.05, 3.63) is 44.1 Å². The van der Waals surface area contributed by atoms with Gasteiger partial charge in [0.25, 0.3) is 0 Å². The monoisotopic (exact) mass is 599 g/mol. The molecule has 1 aromatic heterocycles. The Labute approximate surface area is 233 Å². The van der Waals surface area contributed by atoms with Crippen LogP contribution in [0.1, 0.15) is 75.1 Å². The van der Waals surface area contributed by atoms with Crippen LogP contribution in [-0.4, -0.2) is 80.0 Å². The van der Waals surface area contributed by atoms with Crippen molar-refractivity contribution >= 4 is 34.6 Å². The lowest BCUT2D eigenvalue weighted by molar-refractivity contribution is -0.250. The Bertz CT molecular complexity index is 1490. The molecule has 2 heterocycles. The Morgan fingerprint density at radius 2 is 1.83 bits per heavy atom. The summed E-state index contributed by atoms with van der Waals surface area (Å²) in [5, 5.41) is 47.2. The quantitative estimate of drug-likeness (QED) is 0.278. The minimum absolute atomic E-state index is 0.0114. The maximum atomic E-state index is 13.3. The summed E-state index contributed by atoms with van der Waals surface area (Å²) >= 11 is 0.959. The van der Waals surface area contributed by atoms with Crippen LogP contribution in [-0.2, 0) is 25.5 Å². The van der Waals surface area contributed by atoms with E-state index in [1.165, 1.54) is 18.4 Å². The third-order valence-corrected chi connectivity index (χ3v) is 8.64. The summed E-state index contributed by atoms with van der Waals surface area (Å²) < 4.78 is 50.1. The van der Waals surface area contributed by atoms with Crippen molar-refractivity contribution in [2.45, 2.75) is 75.5 Å². The summed E-state index contributed by atoms with van der Waals surface area (Å²) in [6.07, 6.45) is -12.4. The number of nitrogens with one attached hydrogen (secondary N) is 1. The predicted octanol–water partition coefficient (Wildman–Crippen LogP) is 1.80. The number of Topliss-reactive ketones (excluding diaryl/α,β-unsaturated/α-hetero) is 1. The van der Waals surface area contributed by atoms with Crippen molar-refractivity contribution in [1.82, 2.24) is 5.32 Å². The van der Waals surface area contributed by atoms with Crippen molar-refractivity contribution in [3.8, 4) is 11.5 Å². The summed E-state index contributed by atoms with van der Waals surface area (Å²) in [5.41, 5.74) is -3.60. The van der Waals surface area contributed by atoms with Gasteiger partial charge in [0.2, 0.25) is 5.78 Å². The van der Waals surface area contributed by atoms with Crippen LogP contribution in [0.5, 0.6) is 11.5 Å². The van der Waals surface area contributed by atoms with Gasteiger partial charge in [-0.3, -0.25) is 19.2 Å². The van der Waals surface area contributed by atoms with E-state index in [4.69, 9.17) is 9.47 Å². The number of ketones is 3. The number of alkyl halides is 3. The van der Waals surface area contributed by atoms with E-state index >= 15 is 0 Å². The van der Waals surface area contributed by atoms with Gasteiger partial charge in [0.1, 0.15) is 23.2 Å². The van der Waals surface area contributed by atoms with Crippen molar-refractivity contribution < 1.29 is 62.2 Å². The number of thiophene rings is 1. The normalized spacial score (nSPS) is 29.4. The molecule has 1 amide bonds. The van der Waals surface area contributed by atoms with Crippen molar-refractivity contribution in [1.29, 1.82) is 0 Å². The molecule has 2 aromatic rings. The minimum Gasteiger partial charge on any atom is -0.507 e. The molecule has 6 atom stereocenters. The van der Waals surface area contributed by atoms with Gasteiger partial charge in [-0.25, -0.2) is 0 Å². The average molecular weight is 600 g/mol. The predicted molar refractivity (Wildman–Crippen MR) is 132 cm³/mol. The van der Waals surface area contributed by atoms with Gasteiger partial charge in [0.15, 0.2) is 17.9 Å². The van der Waals surface area contributed by atoms with Gasteiger partial charge in [0, 0.05) is 36.0 Å². The molecule has 0 unspecified atom stereocenters. The van der Waals surface area contributed by atoms with Crippen molar-refractivity contribution in [2.75, 3.05) is 0 Å². The number of rotatable bonds is 4. The number of hydrogen-bond donors (Lipinski definition) is 5. The molecule has 220 valence electrons. The maximum Gasteiger partial charge on any atom is 0.471 e. The third kappa shape index (κ3) is 4.70. The summed E-state index contributed by atoms with van der Waals surface area (Å²) in [5.74, 6) is -6.01. The van der Waals surface area contributed by atoms with Crippen LogP contribution in [0.15, 0.2) is 11.4 Å². The standard InChI is InChI=1S/C26H24F3NO10S/c1-8-18(32)12(30-24(37)26(27,28)29)5-14(39-8)40-13-7-25(38,9(2)31)6-11-15(13)21(35)16-17(20(11)34)22(36)23-10(19(16)33)3-4-41-23/h3-4,8,12-14,18,32,34-35,38H,5-7H2,1-2H3,(H,30,37)/t8-,12-,13+,14-,18+,25+/m0/s1. The lowest BCUT2D eigenvalue weighted by Gasteiger charge is -2.42. The zero-order valence-electron chi connectivity index (χ0n) is 21.4. The maximum absolute atomic E-state index is 13.3. The highest BCUT2D eigenvalue weighted by molar-refractivity contribution is 7.12. The van der Waals surface area contributed by atoms with Crippen LogP contribution in [0.2, 0.25) is 0 Å². The number of fused-ring (bicyclic) bond motifs is 3. The molecule has 0 radical (unpaired) electrons. The molecule has 11 nitrogen and oxygen atoms in total. The van der Waals surface area contributed by atoms with Gasteiger partial charge in [-0.05, 0) is 25.3 Å². The number of ether oxygens (including phenoxy) is 2. The number of aromatic hydroxyl groups is 2. The number of phenolic OH excluding ortho intramolecular Hbond substituents is 2. The first-order chi connectivity index (χ1) is 19.0. The SMILES string of the molecule is CC(=O)[C@@]1(O)Cc2c(O)c3c(c(O)c2[C@H](O[C@H]2C[C@H](NC(=O)C(F)(F)F)[C@H](O)[C@H](C)O2)C1)C(=O)c1ccsc1C3=O. The molecule has 0 saturated carbocycles. The molecule has 5 rings (SSSR count). The van der Waals surface area contributed by atoms with E-state index in [9.17, 15) is 52.8 Å². The minimum atomic E-state index is -5.23.